The van der Waals surface area contributed by atoms with Crippen LogP contribution in [0.1, 0.15) is 61.4 Å². The lowest BCUT2D eigenvalue weighted by molar-refractivity contribution is -0.140. The molecule has 1 N–H and O–H groups in total. The summed E-state index contributed by atoms with van der Waals surface area (Å²) in [6.07, 6.45) is 0.893. The molecule has 2 fully saturated rings. The highest BCUT2D eigenvalue weighted by atomic mass is 16.5. The van der Waals surface area contributed by atoms with Crippen LogP contribution < -0.4 is 4.74 Å². The number of ether oxygens (including phenoxy) is 2. The molecule has 7 nitrogen and oxygen atoms in total. The Morgan fingerprint density at radius 1 is 1.08 bits per heavy atom. The number of morpholine rings is 1. The van der Waals surface area contributed by atoms with Gasteiger partial charge in [-0.2, -0.15) is 0 Å². The summed E-state index contributed by atoms with van der Waals surface area (Å²) in [7, 11) is 0. The summed E-state index contributed by atoms with van der Waals surface area (Å²) >= 11 is 0. The number of rotatable bonds is 9. The molecule has 0 aliphatic carbocycles. The third kappa shape index (κ3) is 5.89. The molecule has 0 bridgehead atoms. The largest absolute Gasteiger partial charge is 0.507 e. The summed E-state index contributed by atoms with van der Waals surface area (Å²) in [6, 6.07) is 12.8. The molecule has 2 aromatic rings. The van der Waals surface area contributed by atoms with Gasteiger partial charge in [-0.25, -0.2) is 0 Å². The fraction of sp³-hybridized carbons (Fsp3) is 0.467. The predicted octanol–water partition coefficient (Wildman–Crippen LogP) is 4.66. The summed E-state index contributed by atoms with van der Waals surface area (Å²) < 4.78 is 11.2. The topological polar surface area (TPSA) is 79.3 Å². The van der Waals surface area contributed by atoms with Crippen LogP contribution in [0.4, 0.5) is 0 Å². The first kappa shape index (κ1) is 26.9. The number of likely N-dealkylation sites (tertiary alicyclic amines) is 1. The van der Waals surface area contributed by atoms with Crippen molar-refractivity contribution in [3.05, 3.63) is 70.3 Å². The molecular weight excluding hydrogens is 468 g/mol. The molecule has 2 aliphatic rings. The number of hydrogen-bond donors (Lipinski definition) is 1. The Kier molecular flexibility index (Phi) is 8.67. The number of carbonyl (C=O) groups excluding carboxylic acids is 2. The number of aliphatic hydroxyl groups is 1. The molecule has 0 spiro atoms. The fourth-order valence-corrected chi connectivity index (χ4v) is 4.95. The van der Waals surface area contributed by atoms with Crippen molar-refractivity contribution < 1.29 is 24.2 Å². The normalized spacial score (nSPS) is 20.1. The quantitative estimate of drug-likeness (QED) is 0.303. The van der Waals surface area contributed by atoms with Crippen LogP contribution in [-0.2, 0) is 14.3 Å². The van der Waals surface area contributed by atoms with Gasteiger partial charge in [0.2, 0.25) is 0 Å². The van der Waals surface area contributed by atoms with Gasteiger partial charge >= 0.3 is 0 Å². The minimum absolute atomic E-state index is 0.134. The van der Waals surface area contributed by atoms with Crippen molar-refractivity contribution in [2.24, 2.45) is 0 Å². The first-order chi connectivity index (χ1) is 17.8. The van der Waals surface area contributed by atoms with Crippen LogP contribution in [0, 0.1) is 6.92 Å². The van der Waals surface area contributed by atoms with E-state index in [0.717, 1.165) is 30.6 Å². The summed E-state index contributed by atoms with van der Waals surface area (Å²) in [6.45, 7) is 12.7. The van der Waals surface area contributed by atoms with Crippen LogP contribution in [0.3, 0.4) is 0 Å². The minimum atomic E-state index is -0.655. The zero-order chi connectivity index (χ0) is 26.5. The third-order valence-corrected chi connectivity index (χ3v) is 7.15. The van der Waals surface area contributed by atoms with Crippen molar-refractivity contribution in [1.82, 2.24) is 9.80 Å². The monoisotopic (exact) mass is 506 g/mol. The molecule has 7 heteroatoms. The van der Waals surface area contributed by atoms with Crippen molar-refractivity contribution in [1.29, 1.82) is 0 Å². The maximum absolute atomic E-state index is 13.4. The lowest BCUT2D eigenvalue weighted by Gasteiger charge is -2.31. The molecule has 2 aliphatic heterocycles. The molecule has 0 saturated carbocycles. The Balaban J connectivity index is 1.73. The molecule has 0 radical (unpaired) electrons. The number of hydrogen-bond acceptors (Lipinski definition) is 6. The summed E-state index contributed by atoms with van der Waals surface area (Å²) in [5, 5.41) is 11.5. The van der Waals surface area contributed by atoms with E-state index in [9.17, 15) is 14.7 Å². The van der Waals surface area contributed by atoms with E-state index in [-0.39, 0.29) is 11.3 Å². The van der Waals surface area contributed by atoms with Gasteiger partial charge in [0.1, 0.15) is 11.5 Å². The highest BCUT2D eigenvalue weighted by Gasteiger charge is 2.46. The maximum atomic E-state index is 13.4. The standard InChI is InChI=1S/C30H38N2O5/c1-5-16-37-24-10-11-25(21(4)19-24)28(33)26-27(23-8-6-22(7-9-23)20(2)3)32(30(35)29(26)34)13-12-31-14-17-36-18-15-31/h6-11,19-20,27,33H,5,12-18H2,1-4H3/t27-/m1/s1. The van der Waals surface area contributed by atoms with E-state index in [4.69, 9.17) is 9.47 Å². The second-order valence-electron chi connectivity index (χ2n) is 10.1. The van der Waals surface area contributed by atoms with Gasteiger partial charge in [-0.15, -0.1) is 0 Å². The lowest BCUT2D eigenvalue weighted by atomic mass is 9.92. The average molecular weight is 507 g/mol. The average Bonchev–Trinajstić information content (AvgIpc) is 3.16. The number of ketones is 1. The Hall–Kier alpha value is -3.16. The van der Waals surface area contributed by atoms with Gasteiger partial charge in [0.25, 0.3) is 11.7 Å². The van der Waals surface area contributed by atoms with Crippen molar-refractivity contribution in [2.45, 2.75) is 46.1 Å². The molecular formula is C30H38N2O5. The highest BCUT2D eigenvalue weighted by Crippen LogP contribution is 2.40. The van der Waals surface area contributed by atoms with E-state index in [1.54, 1.807) is 17.0 Å². The number of amides is 1. The molecule has 2 heterocycles. The van der Waals surface area contributed by atoms with Gasteiger partial charge in [-0.3, -0.25) is 14.5 Å². The van der Waals surface area contributed by atoms with Gasteiger partial charge < -0.3 is 19.5 Å². The zero-order valence-corrected chi connectivity index (χ0v) is 22.3. The summed E-state index contributed by atoms with van der Waals surface area (Å²) in [5.74, 6) is -0.304. The number of aliphatic hydroxyl groups excluding tert-OH is 1. The molecule has 2 aromatic carbocycles. The lowest BCUT2D eigenvalue weighted by Crippen LogP contribution is -2.42. The van der Waals surface area contributed by atoms with Crippen molar-refractivity contribution >= 4 is 17.4 Å². The van der Waals surface area contributed by atoms with Crippen LogP contribution >= 0.6 is 0 Å². The molecule has 0 unspecified atom stereocenters. The van der Waals surface area contributed by atoms with Crippen molar-refractivity contribution in [3.63, 3.8) is 0 Å². The highest BCUT2D eigenvalue weighted by molar-refractivity contribution is 6.46. The minimum Gasteiger partial charge on any atom is -0.507 e. The molecule has 198 valence electrons. The second-order valence-corrected chi connectivity index (χ2v) is 10.1. The van der Waals surface area contributed by atoms with E-state index in [2.05, 4.69) is 18.7 Å². The van der Waals surface area contributed by atoms with Crippen molar-refractivity contribution in [3.8, 4) is 5.75 Å². The Morgan fingerprint density at radius 2 is 1.78 bits per heavy atom. The van der Waals surface area contributed by atoms with Crippen molar-refractivity contribution in [2.75, 3.05) is 46.0 Å². The van der Waals surface area contributed by atoms with Gasteiger partial charge in [0.15, 0.2) is 0 Å². The van der Waals surface area contributed by atoms with Crippen LogP contribution in [0.5, 0.6) is 5.75 Å². The zero-order valence-electron chi connectivity index (χ0n) is 22.3. The Bertz CT molecular complexity index is 1150. The Morgan fingerprint density at radius 3 is 2.41 bits per heavy atom. The SMILES string of the molecule is CCCOc1ccc(C(O)=C2C(=O)C(=O)N(CCN3CCOCC3)[C@@H]2c2ccc(C(C)C)cc2)c(C)c1. The van der Waals surface area contributed by atoms with Crippen LogP contribution in [0.2, 0.25) is 0 Å². The Labute approximate surface area is 219 Å². The van der Waals surface area contributed by atoms with Gasteiger partial charge in [0, 0.05) is 31.7 Å². The predicted molar refractivity (Wildman–Crippen MR) is 144 cm³/mol. The summed E-state index contributed by atoms with van der Waals surface area (Å²) in [4.78, 5) is 30.6. The fourth-order valence-electron chi connectivity index (χ4n) is 4.95. The van der Waals surface area contributed by atoms with Crippen LogP contribution in [0.25, 0.3) is 5.76 Å². The summed E-state index contributed by atoms with van der Waals surface area (Å²) in [5.41, 5.74) is 3.42. The number of aryl methyl sites for hydroxylation is 1. The first-order valence-electron chi connectivity index (χ1n) is 13.2. The first-order valence-corrected chi connectivity index (χ1v) is 13.2. The molecule has 2 saturated heterocycles. The molecule has 0 aromatic heterocycles. The van der Waals surface area contributed by atoms with E-state index in [0.29, 0.717) is 50.1 Å². The number of Topliss-reactive ketones (excluding diaryl/α,β-unsaturated/α-hetero) is 1. The van der Waals surface area contributed by atoms with Gasteiger partial charge in [0.05, 0.1) is 31.4 Å². The number of carbonyl (C=O) groups is 2. The van der Waals surface area contributed by atoms with E-state index in [1.165, 1.54) is 5.56 Å². The molecule has 37 heavy (non-hydrogen) atoms. The molecule has 4 rings (SSSR count). The third-order valence-electron chi connectivity index (χ3n) is 7.15. The van der Waals surface area contributed by atoms with Gasteiger partial charge in [-0.1, -0.05) is 45.0 Å². The maximum Gasteiger partial charge on any atom is 0.295 e. The molecule has 1 amide bonds. The molecule has 1 atom stereocenters. The van der Waals surface area contributed by atoms with E-state index >= 15 is 0 Å². The second kappa shape index (κ2) is 11.9. The van der Waals surface area contributed by atoms with E-state index < -0.39 is 17.7 Å². The number of nitrogens with zero attached hydrogens (tertiary/aromatic N) is 2. The van der Waals surface area contributed by atoms with Gasteiger partial charge in [-0.05, 0) is 54.2 Å². The van der Waals surface area contributed by atoms with E-state index in [1.807, 2.05) is 44.2 Å². The number of benzene rings is 2. The van der Waals surface area contributed by atoms with Crippen LogP contribution in [-0.4, -0.2) is 72.6 Å². The smallest absolute Gasteiger partial charge is 0.295 e. The van der Waals surface area contributed by atoms with Crippen LogP contribution in [0.15, 0.2) is 48.0 Å².